The molecule has 0 aromatic heterocycles. The zero-order valence-corrected chi connectivity index (χ0v) is 9.07. The summed E-state index contributed by atoms with van der Waals surface area (Å²) in [6, 6.07) is 3.61. The van der Waals surface area contributed by atoms with E-state index >= 15 is 0 Å². The van der Waals surface area contributed by atoms with Gasteiger partial charge in [-0.1, -0.05) is 17.7 Å². The molecule has 1 N–H and O–H groups in total. The number of halogens is 4. The van der Waals surface area contributed by atoms with Gasteiger partial charge in [0.1, 0.15) is 0 Å². The fourth-order valence-corrected chi connectivity index (χ4v) is 1.91. The van der Waals surface area contributed by atoms with Gasteiger partial charge < -0.3 is 5.11 Å². The highest BCUT2D eigenvalue weighted by Gasteiger charge is 2.40. The van der Waals surface area contributed by atoms with Crippen molar-refractivity contribution in [3.05, 3.63) is 34.3 Å². The van der Waals surface area contributed by atoms with Crippen molar-refractivity contribution in [3.63, 3.8) is 0 Å². The Morgan fingerprint density at radius 1 is 1.31 bits per heavy atom. The molecule has 0 bridgehead atoms. The third kappa shape index (κ3) is 2.50. The van der Waals surface area contributed by atoms with Crippen molar-refractivity contribution >= 4 is 11.6 Å². The van der Waals surface area contributed by atoms with Crippen LogP contribution in [0.5, 0.6) is 0 Å². The minimum atomic E-state index is -4.42. The molecule has 1 aliphatic rings. The number of hydrogen-bond acceptors (Lipinski definition) is 1. The zero-order valence-electron chi connectivity index (χ0n) is 8.31. The number of alkyl halides is 3. The second-order valence-corrected chi connectivity index (χ2v) is 4.62. The number of hydrogen-bond donors (Lipinski definition) is 1. The number of aliphatic hydroxyl groups is 1. The first kappa shape index (κ1) is 11.7. The lowest BCUT2D eigenvalue weighted by atomic mass is 10.0. The highest BCUT2D eigenvalue weighted by Crippen LogP contribution is 2.40. The maximum atomic E-state index is 12.4. The Morgan fingerprint density at radius 3 is 2.38 bits per heavy atom. The van der Waals surface area contributed by atoms with E-state index in [-0.39, 0.29) is 5.02 Å². The second-order valence-electron chi connectivity index (χ2n) is 4.21. The molecule has 0 atom stereocenters. The van der Waals surface area contributed by atoms with Crippen LogP contribution in [0.25, 0.3) is 0 Å². The van der Waals surface area contributed by atoms with Crippen molar-refractivity contribution in [3.8, 4) is 0 Å². The van der Waals surface area contributed by atoms with Crippen LogP contribution in [0.15, 0.2) is 18.2 Å². The van der Waals surface area contributed by atoms with Crippen LogP contribution in [0.3, 0.4) is 0 Å². The fraction of sp³-hybridized carbons (Fsp3) is 0.455. The predicted molar refractivity (Wildman–Crippen MR) is 54.3 cm³/mol. The molecular weight excluding hydrogens is 241 g/mol. The molecule has 0 unspecified atom stereocenters. The van der Waals surface area contributed by atoms with Gasteiger partial charge in [-0.3, -0.25) is 0 Å². The molecule has 0 radical (unpaired) electrons. The molecule has 1 saturated carbocycles. The summed E-state index contributed by atoms with van der Waals surface area (Å²) in [5.74, 6) is 0. The van der Waals surface area contributed by atoms with Crippen LogP contribution in [0.2, 0.25) is 5.02 Å². The van der Waals surface area contributed by atoms with Crippen LogP contribution >= 0.6 is 11.6 Å². The van der Waals surface area contributed by atoms with Gasteiger partial charge in [-0.05, 0) is 30.5 Å². The van der Waals surface area contributed by atoms with E-state index in [0.29, 0.717) is 24.8 Å². The summed E-state index contributed by atoms with van der Waals surface area (Å²) in [5.41, 5.74) is -0.915. The van der Waals surface area contributed by atoms with Crippen LogP contribution in [0.1, 0.15) is 24.0 Å². The molecular formula is C11H10ClF3O. The molecule has 88 valence electrons. The smallest absolute Gasteiger partial charge is 0.390 e. The van der Waals surface area contributed by atoms with Crippen molar-refractivity contribution in [2.45, 2.75) is 31.0 Å². The molecule has 0 heterocycles. The molecule has 1 nitrogen and oxygen atoms in total. The van der Waals surface area contributed by atoms with E-state index in [9.17, 15) is 18.3 Å². The second kappa shape index (κ2) is 3.64. The highest BCUT2D eigenvalue weighted by atomic mass is 35.5. The molecule has 1 aliphatic carbocycles. The van der Waals surface area contributed by atoms with Gasteiger partial charge in [0.05, 0.1) is 16.2 Å². The molecule has 1 aromatic carbocycles. The summed E-state index contributed by atoms with van der Waals surface area (Å²) in [4.78, 5) is 0. The lowest BCUT2D eigenvalue weighted by molar-refractivity contribution is -0.137. The van der Waals surface area contributed by atoms with Crippen LogP contribution in [-0.4, -0.2) is 10.7 Å². The van der Waals surface area contributed by atoms with Crippen LogP contribution in [-0.2, 0) is 12.6 Å². The van der Waals surface area contributed by atoms with E-state index in [1.165, 1.54) is 12.1 Å². The summed E-state index contributed by atoms with van der Waals surface area (Å²) in [5, 5.41) is 9.33. The average Bonchev–Trinajstić information content (AvgIpc) is 2.80. The third-order valence-electron chi connectivity index (χ3n) is 2.70. The maximum Gasteiger partial charge on any atom is 0.417 e. The molecule has 0 saturated heterocycles. The van der Waals surface area contributed by atoms with Crippen molar-refractivity contribution in [2.75, 3.05) is 0 Å². The monoisotopic (exact) mass is 250 g/mol. The minimum absolute atomic E-state index is 0.311. The van der Waals surface area contributed by atoms with Crippen LogP contribution in [0, 0.1) is 0 Å². The van der Waals surface area contributed by atoms with Crippen molar-refractivity contribution in [1.82, 2.24) is 0 Å². The lowest BCUT2D eigenvalue weighted by Gasteiger charge is -2.12. The Kier molecular flexibility index (Phi) is 2.67. The van der Waals surface area contributed by atoms with E-state index in [1.54, 1.807) is 0 Å². The summed E-state index contributed by atoms with van der Waals surface area (Å²) in [6.45, 7) is 0. The Hall–Kier alpha value is -0.740. The van der Waals surface area contributed by atoms with Gasteiger partial charge >= 0.3 is 6.18 Å². The van der Waals surface area contributed by atoms with E-state index in [4.69, 9.17) is 11.6 Å². The fourth-order valence-electron chi connectivity index (χ4n) is 1.60. The molecule has 0 amide bonds. The van der Waals surface area contributed by atoms with E-state index in [1.807, 2.05) is 0 Å². The standard InChI is InChI=1S/C11H10ClF3O/c12-9-5-7(6-10(16)3-4-10)1-2-8(9)11(13,14)15/h1-2,5,16H,3-4,6H2. The average molecular weight is 251 g/mol. The molecule has 2 rings (SSSR count). The molecule has 0 aliphatic heterocycles. The summed E-state index contributed by atoms with van der Waals surface area (Å²) in [6.07, 6.45) is -2.66. The van der Waals surface area contributed by atoms with Gasteiger partial charge in [0.25, 0.3) is 0 Å². The predicted octanol–water partition coefficient (Wildman–Crippen LogP) is 3.43. The maximum absolute atomic E-state index is 12.4. The number of rotatable bonds is 2. The molecule has 5 heteroatoms. The SMILES string of the molecule is OC1(Cc2ccc(C(F)(F)F)c(Cl)c2)CC1. The Labute approximate surface area is 95.8 Å². The Balaban J connectivity index is 2.22. The highest BCUT2D eigenvalue weighted by molar-refractivity contribution is 6.31. The first-order valence-corrected chi connectivity index (χ1v) is 5.26. The van der Waals surface area contributed by atoms with Gasteiger partial charge in [0, 0.05) is 6.42 Å². The van der Waals surface area contributed by atoms with Gasteiger partial charge in [0.15, 0.2) is 0 Å². The first-order valence-electron chi connectivity index (χ1n) is 4.88. The topological polar surface area (TPSA) is 20.2 Å². The van der Waals surface area contributed by atoms with Crippen LogP contribution < -0.4 is 0 Å². The van der Waals surface area contributed by atoms with Crippen molar-refractivity contribution in [2.24, 2.45) is 0 Å². The Morgan fingerprint density at radius 2 is 1.94 bits per heavy atom. The number of benzene rings is 1. The molecule has 1 aromatic rings. The molecule has 0 spiro atoms. The van der Waals surface area contributed by atoms with Gasteiger partial charge in [-0.15, -0.1) is 0 Å². The van der Waals surface area contributed by atoms with Crippen molar-refractivity contribution < 1.29 is 18.3 Å². The van der Waals surface area contributed by atoms with Gasteiger partial charge in [-0.2, -0.15) is 13.2 Å². The third-order valence-corrected chi connectivity index (χ3v) is 3.01. The quantitative estimate of drug-likeness (QED) is 0.853. The molecule has 16 heavy (non-hydrogen) atoms. The zero-order chi connectivity index (χ0) is 12.0. The largest absolute Gasteiger partial charge is 0.417 e. The first-order chi connectivity index (χ1) is 7.30. The summed E-state index contributed by atoms with van der Waals surface area (Å²) in [7, 11) is 0. The van der Waals surface area contributed by atoms with Gasteiger partial charge in [-0.25, -0.2) is 0 Å². The van der Waals surface area contributed by atoms with Crippen LogP contribution in [0.4, 0.5) is 13.2 Å². The summed E-state index contributed by atoms with van der Waals surface area (Å²) >= 11 is 5.56. The normalized spacial score (nSPS) is 18.6. The lowest BCUT2D eigenvalue weighted by Crippen LogP contribution is -2.11. The van der Waals surface area contributed by atoms with Crippen molar-refractivity contribution in [1.29, 1.82) is 0 Å². The van der Waals surface area contributed by atoms with E-state index < -0.39 is 17.3 Å². The summed E-state index contributed by atoms with van der Waals surface area (Å²) < 4.78 is 37.2. The molecule has 1 fully saturated rings. The van der Waals surface area contributed by atoms with Gasteiger partial charge in [0.2, 0.25) is 0 Å². The Bertz CT molecular complexity index is 410. The minimum Gasteiger partial charge on any atom is -0.390 e. The van der Waals surface area contributed by atoms with E-state index in [2.05, 4.69) is 0 Å². The van der Waals surface area contributed by atoms with E-state index in [0.717, 1.165) is 6.07 Å².